The van der Waals surface area contributed by atoms with Crippen molar-refractivity contribution in [2.45, 2.75) is 26.7 Å². The first-order valence-corrected chi connectivity index (χ1v) is 7.91. The van der Waals surface area contributed by atoms with Crippen LogP contribution in [0.2, 0.25) is 0 Å². The standard InChI is InChI=1S/C17H27N3O/c1-4-8-18-15-5-6-16(13(2)10-15)17(21)19-11-14-7-9-20(3)12-14/h5-6,10,14,18H,4,7-9,11-12H2,1-3H3,(H,19,21). The van der Waals surface area contributed by atoms with Gasteiger partial charge in [0.2, 0.25) is 0 Å². The average molecular weight is 289 g/mol. The van der Waals surface area contributed by atoms with Crippen molar-refractivity contribution in [2.24, 2.45) is 5.92 Å². The molecule has 1 heterocycles. The fraction of sp³-hybridized carbons (Fsp3) is 0.588. The molecule has 2 N–H and O–H groups in total. The summed E-state index contributed by atoms with van der Waals surface area (Å²) in [6.07, 6.45) is 2.27. The Morgan fingerprint density at radius 3 is 2.86 bits per heavy atom. The van der Waals surface area contributed by atoms with E-state index in [0.717, 1.165) is 49.4 Å². The number of carbonyl (C=O) groups excluding carboxylic acids is 1. The maximum atomic E-state index is 12.3. The van der Waals surface area contributed by atoms with Crippen molar-refractivity contribution < 1.29 is 4.79 Å². The summed E-state index contributed by atoms with van der Waals surface area (Å²) in [5.74, 6) is 0.633. The minimum absolute atomic E-state index is 0.0455. The Bertz CT molecular complexity index is 487. The molecule has 2 rings (SSSR count). The minimum atomic E-state index is 0.0455. The second kappa shape index (κ2) is 7.46. The molecule has 116 valence electrons. The number of rotatable bonds is 6. The lowest BCUT2D eigenvalue weighted by Gasteiger charge is -2.13. The van der Waals surface area contributed by atoms with Gasteiger partial charge < -0.3 is 15.5 Å². The van der Waals surface area contributed by atoms with Gasteiger partial charge in [0.25, 0.3) is 5.91 Å². The maximum absolute atomic E-state index is 12.3. The molecule has 0 spiro atoms. The van der Waals surface area contributed by atoms with E-state index in [1.54, 1.807) is 0 Å². The van der Waals surface area contributed by atoms with Crippen LogP contribution in [0.1, 0.15) is 35.7 Å². The van der Waals surface area contributed by atoms with Crippen molar-refractivity contribution in [1.29, 1.82) is 0 Å². The molecule has 1 amide bonds. The van der Waals surface area contributed by atoms with Gasteiger partial charge in [-0.2, -0.15) is 0 Å². The monoisotopic (exact) mass is 289 g/mol. The molecule has 0 bridgehead atoms. The van der Waals surface area contributed by atoms with Gasteiger partial charge in [0, 0.05) is 30.9 Å². The van der Waals surface area contributed by atoms with Gasteiger partial charge in [-0.25, -0.2) is 0 Å². The molecule has 0 aromatic heterocycles. The Balaban J connectivity index is 1.89. The van der Waals surface area contributed by atoms with Crippen LogP contribution in [0.5, 0.6) is 0 Å². The first-order valence-electron chi connectivity index (χ1n) is 7.91. The Hall–Kier alpha value is -1.55. The molecule has 1 saturated heterocycles. The molecular weight excluding hydrogens is 262 g/mol. The van der Waals surface area contributed by atoms with E-state index in [9.17, 15) is 4.79 Å². The van der Waals surface area contributed by atoms with Gasteiger partial charge in [0.1, 0.15) is 0 Å². The third-order valence-corrected chi connectivity index (χ3v) is 4.09. The SMILES string of the molecule is CCCNc1ccc(C(=O)NCC2CCN(C)C2)c(C)c1. The molecule has 0 saturated carbocycles. The van der Waals surface area contributed by atoms with Crippen molar-refractivity contribution in [3.05, 3.63) is 29.3 Å². The topological polar surface area (TPSA) is 44.4 Å². The number of anilines is 1. The Labute approximate surface area is 127 Å². The van der Waals surface area contributed by atoms with E-state index in [2.05, 4.69) is 29.5 Å². The van der Waals surface area contributed by atoms with Gasteiger partial charge in [0.15, 0.2) is 0 Å². The van der Waals surface area contributed by atoms with Gasteiger partial charge in [-0.15, -0.1) is 0 Å². The molecule has 1 atom stereocenters. The Kier molecular flexibility index (Phi) is 5.62. The van der Waals surface area contributed by atoms with E-state index in [4.69, 9.17) is 0 Å². The summed E-state index contributed by atoms with van der Waals surface area (Å²) in [6.45, 7) is 8.09. The van der Waals surface area contributed by atoms with Crippen LogP contribution in [0, 0.1) is 12.8 Å². The zero-order valence-corrected chi connectivity index (χ0v) is 13.4. The molecule has 4 nitrogen and oxygen atoms in total. The van der Waals surface area contributed by atoms with Crippen molar-refractivity contribution in [3.8, 4) is 0 Å². The van der Waals surface area contributed by atoms with Crippen LogP contribution in [0.3, 0.4) is 0 Å². The van der Waals surface area contributed by atoms with Crippen molar-refractivity contribution in [1.82, 2.24) is 10.2 Å². The lowest BCUT2D eigenvalue weighted by molar-refractivity contribution is 0.0947. The Morgan fingerprint density at radius 2 is 2.24 bits per heavy atom. The van der Waals surface area contributed by atoms with E-state index in [0.29, 0.717) is 5.92 Å². The van der Waals surface area contributed by atoms with E-state index in [1.807, 2.05) is 25.1 Å². The number of carbonyl (C=O) groups is 1. The van der Waals surface area contributed by atoms with Gasteiger partial charge in [-0.1, -0.05) is 6.92 Å². The summed E-state index contributed by atoms with van der Waals surface area (Å²) in [6, 6.07) is 5.96. The fourth-order valence-corrected chi connectivity index (χ4v) is 2.82. The maximum Gasteiger partial charge on any atom is 0.251 e. The molecule has 4 heteroatoms. The van der Waals surface area contributed by atoms with Crippen molar-refractivity contribution >= 4 is 11.6 Å². The minimum Gasteiger partial charge on any atom is -0.385 e. The molecule has 21 heavy (non-hydrogen) atoms. The van der Waals surface area contributed by atoms with Crippen LogP contribution < -0.4 is 10.6 Å². The normalized spacial score (nSPS) is 18.7. The largest absolute Gasteiger partial charge is 0.385 e. The quantitative estimate of drug-likeness (QED) is 0.845. The second-order valence-electron chi connectivity index (χ2n) is 6.08. The number of nitrogens with one attached hydrogen (secondary N) is 2. The number of likely N-dealkylation sites (tertiary alicyclic amines) is 1. The molecule has 0 radical (unpaired) electrons. The fourth-order valence-electron chi connectivity index (χ4n) is 2.82. The van der Waals surface area contributed by atoms with Crippen LogP contribution in [0.4, 0.5) is 5.69 Å². The lowest BCUT2D eigenvalue weighted by Crippen LogP contribution is -2.30. The number of hydrogen-bond acceptors (Lipinski definition) is 3. The van der Waals surface area contributed by atoms with E-state index in [-0.39, 0.29) is 5.91 Å². The summed E-state index contributed by atoms with van der Waals surface area (Å²) >= 11 is 0. The summed E-state index contributed by atoms with van der Waals surface area (Å²) in [5, 5.41) is 6.42. The number of amides is 1. The Morgan fingerprint density at radius 1 is 1.43 bits per heavy atom. The number of nitrogens with zero attached hydrogens (tertiary/aromatic N) is 1. The molecule has 1 unspecified atom stereocenters. The molecule has 1 aromatic rings. The van der Waals surface area contributed by atoms with Crippen LogP contribution in [-0.4, -0.2) is 44.0 Å². The number of hydrogen-bond donors (Lipinski definition) is 2. The molecule has 1 aliphatic heterocycles. The zero-order valence-electron chi connectivity index (χ0n) is 13.4. The summed E-state index contributed by atoms with van der Waals surface area (Å²) < 4.78 is 0. The van der Waals surface area contributed by atoms with Gasteiger partial charge in [0.05, 0.1) is 0 Å². The molecule has 0 aliphatic carbocycles. The number of benzene rings is 1. The summed E-state index contributed by atoms with van der Waals surface area (Å²) in [7, 11) is 2.13. The molecular formula is C17H27N3O. The molecule has 1 aliphatic rings. The van der Waals surface area contributed by atoms with Crippen molar-refractivity contribution in [3.63, 3.8) is 0 Å². The smallest absolute Gasteiger partial charge is 0.251 e. The van der Waals surface area contributed by atoms with E-state index >= 15 is 0 Å². The number of aryl methyl sites for hydroxylation is 1. The van der Waals surface area contributed by atoms with Crippen LogP contribution >= 0.6 is 0 Å². The summed E-state index contributed by atoms with van der Waals surface area (Å²) in [5.41, 5.74) is 2.89. The average Bonchev–Trinajstić information content (AvgIpc) is 2.88. The third-order valence-electron chi connectivity index (χ3n) is 4.09. The third kappa shape index (κ3) is 4.46. The highest BCUT2D eigenvalue weighted by Crippen LogP contribution is 2.16. The molecule has 1 aromatic carbocycles. The van der Waals surface area contributed by atoms with Gasteiger partial charge >= 0.3 is 0 Å². The second-order valence-corrected chi connectivity index (χ2v) is 6.08. The van der Waals surface area contributed by atoms with Crippen molar-refractivity contribution in [2.75, 3.05) is 38.5 Å². The highest BCUT2D eigenvalue weighted by Gasteiger charge is 2.20. The van der Waals surface area contributed by atoms with Crippen LogP contribution in [0.25, 0.3) is 0 Å². The summed E-state index contributed by atoms with van der Waals surface area (Å²) in [4.78, 5) is 14.6. The predicted octanol–water partition coefficient (Wildman–Crippen LogP) is 2.50. The first kappa shape index (κ1) is 15.8. The zero-order chi connectivity index (χ0) is 15.2. The van der Waals surface area contributed by atoms with E-state index < -0.39 is 0 Å². The van der Waals surface area contributed by atoms with Crippen LogP contribution in [-0.2, 0) is 0 Å². The highest BCUT2D eigenvalue weighted by molar-refractivity contribution is 5.96. The van der Waals surface area contributed by atoms with Crippen LogP contribution in [0.15, 0.2) is 18.2 Å². The highest BCUT2D eigenvalue weighted by atomic mass is 16.1. The van der Waals surface area contributed by atoms with Gasteiger partial charge in [-0.05, 0) is 63.0 Å². The predicted molar refractivity (Wildman–Crippen MR) is 87.9 cm³/mol. The van der Waals surface area contributed by atoms with Gasteiger partial charge in [-0.3, -0.25) is 4.79 Å². The molecule has 1 fully saturated rings. The first-order chi connectivity index (χ1) is 10.1. The van der Waals surface area contributed by atoms with E-state index in [1.165, 1.54) is 6.42 Å². The lowest BCUT2D eigenvalue weighted by atomic mass is 10.1.